The minimum absolute atomic E-state index is 0.390. The summed E-state index contributed by atoms with van der Waals surface area (Å²) in [6.45, 7) is 0.390. The Morgan fingerprint density at radius 1 is 1.39 bits per heavy atom. The molecule has 0 saturated heterocycles. The number of hydrogen-bond donors (Lipinski definition) is 1. The van der Waals surface area contributed by atoms with Gasteiger partial charge in [-0.25, -0.2) is 0 Å². The minimum atomic E-state index is 0.390. The highest BCUT2D eigenvalue weighted by atomic mass is 32.1. The summed E-state index contributed by atoms with van der Waals surface area (Å²) in [5, 5.41) is 13.4. The van der Waals surface area contributed by atoms with Crippen LogP contribution < -0.4 is 5.73 Å². The van der Waals surface area contributed by atoms with Crippen molar-refractivity contribution >= 4 is 22.0 Å². The van der Waals surface area contributed by atoms with Gasteiger partial charge in [0.1, 0.15) is 11.6 Å². The number of ether oxygens (including phenoxy) is 1. The van der Waals surface area contributed by atoms with Gasteiger partial charge in [0.2, 0.25) is 4.96 Å². The topological polar surface area (TPSA) is 78.3 Å². The van der Waals surface area contributed by atoms with E-state index in [-0.39, 0.29) is 0 Å². The van der Waals surface area contributed by atoms with E-state index in [1.165, 1.54) is 11.3 Å². The zero-order valence-electron chi connectivity index (χ0n) is 9.70. The van der Waals surface area contributed by atoms with E-state index in [1.807, 2.05) is 24.3 Å². The Balaban J connectivity index is 2.08. The maximum atomic E-state index is 5.77. The molecule has 0 aliphatic heterocycles. The number of hydrogen-bond acceptors (Lipinski definition) is 6. The van der Waals surface area contributed by atoms with E-state index in [2.05, 4.69) is 15.3 Å². The lowest BCUT2D eigenvalue weighted by Crippen LogP contribution is -1.97. The average molecular weight is 261 g/mol. The summed E-state index contributed by atoms with van der Waals surface area (Å²) in [7, 11) is 1.62. The molecule has 3 rings (SSSR count). The van der Waals surface area contributed by atoms with Crippen LogP contribution in [-0.4, -0.2) is 26.9 Å². The summed E-state index contributed by atoms with van der Waals surface area (Å²) in [5.74, 6) is 0.693. The van der Waals surface area contributed by atoms with Crippen LogP contribution in [-0.2, 0) is 11.3 Å². The number of aromatic nitrogens is 4. The summed E-state index contributed by atoms with van der Waals surface area (Å²) in [6.07, 6.45) is 0. The van der Waals surface area contributed by atoms with Crippen molar-refractivity contribution in [2.45, 2.75) is 6.61 Å². The standard InChI is InChI=1S/C11H11N5OS/c1-17-6-9-13-14-11-16(9)15-10(18-11)7-3-2-4-8(12)5-7/h2-5H,6,12H2,1H3. The Morgan fingerprint density at radius 3 is 3.06 bits per heavy atom. The molecule has 6 nitrogen and oxygen atoms in total. The Hall–Kier alpha value is -1.99. The second-order valence-corrected chi connectivity index (χ2v) is 4.73. The minimum Gasteiger partial charge on any atom is -0.399 e. The first kappa shape index (κ1) is 11.1. The Bertz CT molecular complexity index is 690. The second kappa shape index (κ2) is 4.35. The van der Waals surface area contributed by atoms with E-state index in [9.17, 15) is 0 Å². The smallest absolute Gasteiger partial charge is 0.235 e. The molecule has 0 atom stereocenters. The third-order valence-electron chi connectivity index (χ3n) is 2.46. The van der Waals surface area contributed by atoms with E-state index in [4.69, 9.17) is 10.5 Å². The molecule has 18 heavy (non-hydrogen) atoms. The van der Waals surface area contributed by atoms with Crippen molar-refractivity contribution in [2.24, 2.45) is 0 Å². The number of rotatable bonds is 3. The van der Waals surface area contributed by atoms with Gasteiger partial charge in [-0.3, -0.25) is 0 Å². The monoisotopic (exact) mass is 261 g/mol. The maximum Gasteiger partial charge on any atom is 0.235 e. The molecule has 0 unspecified atom stereocenters. The first-order valence-corrected chi connectivity index (χ1v) is 6.15. The summed E-state index contributed by atoms with van der Waals surface area (Å²) in [4.78, 5) is 0.750. The lowest BCUT2D eigenvalue weighted by molar-refractivity contribution is 0.176. The Labute approximate surface area is 107 Å². The van der Waals surface area contributed by atoms with Gasteiger partial charge in [-0.2, -0.15) is 9.61 Å². The van der Waals surface area contributed by atoms with E-state index < -0.39 is 0 Å². The molecule has 0 spiro atoms. The summed E-state index contributed by atoms with van der Waals surface area (Å²) >= 11 is 1.47. The van der Waals surface area contributed by atoms with Gasteiger partial charge in [0.05, 0.1) is 0 Å². The molecule has 0 radical (unpaired) electrons. The Morgan fingerprint density at radius 2 is 2.28 bits per heavy atom. The predicted molar refractivity (Wildman–Crippen MR) is 69.2 cm³/mol. The van der Waals surface area contributed by atoms with E-state index in [0.29, 0.717) is 12.4 Å². The first-order valence-electron chi connectivity index (χ1n) is 5.34. The molecule has 92 valence electrons. The van der Waals surface area contributed by atoms with Crippen LogP contribution in [0, 0.1) is 0 Å². The fourth-order valence-electron chi connectivity index (χ4n) is 1.66. The third-order valence-corrected chi connectivity index (χ3v) is 3.41. The highest BCUT2D eigenvalue weighted by molar-refractivity contribution is 7.19. The average Bonchev–Trinajstić information content (AvgIpc) is 2.92. The molecule has 7 heteroatoms. The predicted octanol–water partition coefficient (Wildman–Crippen LogP) is 1.58. The molecule has 0 amide bonds. The van der Waals surface area contributed by atoms with Gasteiger partial charge in [0.15, 0.2) is 5.82 Å². The number of benzene rings is 1. The Kier molecular flexibility index (Phi) is 2.69. The second-order valence-electron chi connectivity index (χ2n) is 3.78. The van der Waals surface area contributed by atoms with E-state index in [0.717, 1.165) is 21.2 Å². The van der Waals surface area contributed by atoms with Crippen molar-refractivity contribution in [1.82, 2.24) is 19.8 Å². The molecule has 0 saturated carbocycles. The SMILES string of the molecule is COCc1nnc2sc(-c3cccc(N)c3)nn12. The number of nitrogens with two attached hydrogens (primary N) is 1. The zero-order valence-corrected chi connectivity index (χ0v) is 10.5. The van der Waals surface area contributed by atoms with Crippen LogP contribution >= 0.6 is 11.3 Å². The number of anilines is 1. The maximum absolute atomic E-state index is 5.77. The zero-order chi connectivity index (χ0) is 12.5. The number of fused-ring (bicyclic) bond motifs is 1. The summed E-state index contributed by atoms with van der Waals surface area (Å²) in [5.41, 5.74) is 7.46. The van der Waals surface area contributed by atoms with Crippen LogP contribution in [0.15, 0.2) is 24.3 Å². The molecule has 2 aromatic heterocycles. The lowest BCUT2D eigenvalue weighted by atomic mass is 10.2. The van der Waals surface area contributed by atoms with Gasteiger partial charge in [0.25, 0.3) is 0 Å². The van der Waals surface area contributed by atoms with Crippen LogP contribution in [0.5, 0.6) is 0 Å². The van der Waals surface area contributed by atoms with Crippen molar-refractivity contribution in [3.8, 4) is 10.6 Å². The fourth-order valence-corrected chi connectivity index (χ4v) is 2.52. The molecule has 1 aromatic carbocycles. The molecular formula is C11H11N5OS. The van der Waals surface area contributed by atoms with Gasteiger partial charge in [-0.15, -0.1) is 10.2 Å². The number of nitrogen functional groups attached to an aromatic ring is 1. The molecule has 0 aliphatic carbocycles. The van der Waals surface area contributed by atoms with Gasteiger partial charge >= 0.3 is 0 Å². The quantitative estimate of drug-likeness (QED) is 0.724. The molecule has 0 bridgehead atoms. The van der Waals surface area contributed by atoms with Crippen molar-refractivity contribution in [3.63, 3.8) is 0 Å². The first-order chi connectivity index (χ1) is 8.78. The van der Waals surface area contributed by atoms with Crippen molar-refractivity contribution in [1.29, 1.82) is 0 Å². The van der Waals surface area contributed by atoms with E-state index >= 15 is 0 Å². The summed E-state index contributed by atoms with van der Waals surface area (Å²) < 4.78 is 6.75. The van der Waals surface area contributed by atoms with Gasteiger partial charge in [-0.1, -0.05) is 23.5 Å². The fraction of sp³-hybridized carbons (Fsp3) is 0.182. The van der Waals surface area contributed by atoms with Crippen LogP contribution in [0.3, 0.4) is 0 Å². The molecule has 2 heterocycles. The number of methoxy groups -OCH3 is 1. The molecule has 0 fully saturated rings. The van der Waals surface area contributed by atoms with Crippen LogP contribution in [0.25, 0.3) is 15.5 Å². The molecule has 0 aliphatic rings. The largest absolute Gasteiger partial charge is 0.399 e. The van der Waals surface area contributed by atoms with Gasteiger partial charge < -0.3 is 10.5 Å². The molecule has 2 N–H and O–H groups in total. The highest BCUT2D eigenvalue weighted by Crippen LogP contribution is 2.26. The highest BCUT2D eigenvalue weighted by Gasteiger charge is 2.12. The molecule has 3 aromatic rings. The van der Waals surface area contributed by atoms with Crippen LogP contribution in [0.4, 0.5) is 5.69 Å². The van der Waals surface area contributed by atoms with Crippen molar-refractivity contribution < 1.29 is 4.74 Å². The molecular weight excluding hydrogens is 250 g/mol. The van der Waals surface area contributed by atoms with Crippen molar-refractivity contribution in [3.05, 3.63) is 30.1 Å². The van der Waals surface area contributed by atoms with Gasteiger partial charge in [0, 0.05) is 18.4 Å². The van der Waals surface area contributed by atoms with Crippen LogP contribution in [0.2, 0.25) is 0 Å². The van der Waals surface area contributed by atoms with Crippen molar-refractivity contribution in [2.75, 3.05) is 12.8 Å². The normalized spacial score (nSPS) is 11.2. The lowest BCUT2D eigenvalue weighted by Gasteiger charge is -1.97. The third kappa shape index (κ3) is 1.83. The van der Waals surface area contributed by atoms with E-state index in [1.54, 1.807) is 11.6 Å². The van der Waals surface area contributed by atoms with Gasteiger partial charge in [-0.05, 0) is 12.1 Å². The van der Waals surface area contributed by atoms with Crippen LogP contribution in [0.1, 0.15) is 5.82 Å². The number of nitrogens with zero attached hydrogens (tertiary/aromatic N) is 4. The summed E-state index contributed by atoms with van der Waals surface area (Å²) in [6, 6.07) is 7.61.